The summed E-state index contributed by atoms with van der Waals surface area (Å²) in [5.41, 5.74) is 0.254. The van der Waals surface area contributed by atoms with Gasteiger partial charge in [0, 0.05) is 6.04 Å². The number of methoxy groups -OCH3 is 1. The molecule has 7 nitrogen and oxygen atoms in total. The van der Waals surface area contributed by atoms with Crippen molar-refractivity contribution < 1.29 is 22.7 Å². The van der Waals surface area contributed by atoms with Gasteiger partial charge in [-0.25, -0.2) is 13.1 Å². The maximum Gasteiger partial charge on any atom is 0.265 e. The van der Waals surface area contributed by atoms with Crippen LogP contribution in [-0.4, -0.2) is 33.6 Å². The third kappa shape index (κ3) is 5.57. The number of hydrogen-bond donors (Lipinski definition) is 2. The predicted molar refractivity (Wildman–Crippen MR) is 126 cm³/mol. The minimum atomic E-state index is -3.73. The van der Waals surface area contributed by atoms with Crippen molar-refractivity contribution in [3.63, 3.8) is 0 Å². The molecule has 0 aliphatic carbocycles. The van der Waals surface area contributed by atoms with Crippen LogP contribution in [0.15, 0.2) is 65.6 Å². The van der Waals surface area contributed by atoms with Crippen molar-refractivity contribution in [2.24, 2.45) is 0 Å². The van der Waals surface area contributed by atoms with Crippen molar-refractivity contribution in [2.75, 3.05) is 12.4 Å². The molecule has 3 rings (SSSR count). The molecule has 32 heavy (non-hydrogen) atoms. The Kier molecular flexibility index (Phi) is 7.37. The summed E-state index contributed by atoms with van der Waals surface area (Å²) in [6, 6.07) is 17.6. The van der Waals surface area contributed by atoms with Gasteiger partial charge in [0.25, 0.3) is 5.91 Å². The van der Waals surface area contributed by atoms with E-state index in [4.69, 9.17) is 9.47 Å². The topological polar surface area (TPSA) is 93.7 Å². The molecule has 0 aliphatic rings. The number of fused-ring (bicyclic) bond motifs is 1. The van der Waals surface area contributed by atoms with Gasteiger partial charge in [0.2, 0.25) is 10.0 Å². The zero-order valence-electron chi connectivity index (χ0n) is 18.6. The van der Waals surface area contributed by atoms with Gasteiger partial charge in [0.15, 0.2) is 6.10 Å². The van der Waals surface area contributed by atoms with Gasteiger partial charge in [-0.3, -0.25) is 4.79 Å². The number of carbonyl (C=O) groups excluding carboxylic acids is 1. The Labute approximate surface area is 188 Å². The van der Waals surface area contributed by atoms with Crippen molar-refractivity contribution in [1.29, 1.82) is 0 Å². The van der Waals surface area contributed by atoms with E-state index in [0.717, 1.165) is 10.8 Å². The number of sulfonamides is 1. The number of hydrogen-bond acceptors (Lipinski definition) is 5. The van der Waals surface area contributed by atoms with Crippen LogP contribution in [0.1, 0.15) is 27.2 Å². The second-order valence-corrected chi connectivity index (χ2v) is 9.37. The molecule has 3 aromatic rings. The molecule has 1 atom stereocenters. The van der Waals surface area contributed by atoms with E-state index in [2.05, 4.69) is 10.0 Å². The minimum Gasteiger partial charge on any atom is -0.495 e. The second-order valence-electron chi connectivity index (χ2n) is 7.65. The van der Waals surface area contributed by atoms with Gasteiger partial charge in [-0.05, 0) is 61.4 Å². The van der Waals surface area contributed by atoms with Gasteiger partial charge in [-0.2, -0.15) is 0 Å². The van der Waals surface area contributed by atoms with Crippen molar-refractivity contribution in [1.82, 2.24) is 4.72 Å². The fourth-order valence-electron chi connectivity index (χ4n) is 3.27. The van der Waals surface area contributed by atoms with Crippen LogP contribution in [0.25, 0.3) is 10.8 Å². The lowest BCUT2D eigenvalue weighted by atomic mass is 10.1. The molecule has 8 heteroatoms. The number of ether oxygens (including phenoxy) is 2. The molecule has 0 aliphatic heterocycles. The molecule has 0 spiro atoms. The highest BCUT2D eigenvalue weighted by molar-refractivity contribution is 7.89. The van der Waals surface area contributed by atoms with Gasteiger partial charge in [0.05, 0.1) is 17.7 Å². The second kappa shape index (κ2) is 10.0. The lowest BCUT2D eigenvalue weighted by Crippen LogP contribution is -2.33. The largest absolute Gasteiger partial charge is 0.495 e. The Bertz CT molecular complexity index is 1210. The van der Waals surface area contributed by atoms with Crippen molar-refractivity contribution >= 4 is 32.4 Å². The fraction of sp³-hybridized carbons (Fsp3) is 0.292. The van der Waals surface area contributed by atoms with Gasteiger partial charge in [-0.1, -0.05) is 37.3 Å². The summed E-state index contributed by atoms with van der Waals surface area (Å²) in [6.07, 6.45) is -0.344. The summed E-state index contributed by atoms with van der Waals surface area (Å²) in [4.78, 5) is 13.0. The van der Waals surface area contributed by atoms with E-state index in [1.54, 1.807) is 13.8 Å². The van der Waals surface area contributed by atoms with E-state index in [0.29, 0.717) is 17.9 Å². The normalized spacial score (nSPS) is 12.5. The van der Waals surface area contributed by atoms with E-state index in [1.807, 2.05) is 49.4 Å². The molecule has 2 N–H and O–H groups in total. The molecule has 0 fully saturated rings. The van der Waals surface area contributed by atoms with Crippen LogP contribution in [0, 0.1) is 0 Å². The first-order valence-electron chi connectivity index (χ1n) is 10.4. The molecular weight excluding hydrogens is 428 g/mol. The average Bonchev–Trinajstić information content (AvgIpc) is 2.76. The van der Waals surface area contributed by atoms with Gasteiger partial charge < -0.3 is 14.8 Å². The predicted octanol–water partition coefficient (Wildman–Crippen LogP) is 4.33. The Balaban J connectivity index is 1.82. The molecule has 0 bridgehead atoms. The summed E-state index contributed by atoms with van der Waals surface area (Å²) in [7, 11) is -2.27. The molecular formula is C24H28N2O5S. The molecule has 0 saturated carbocycles. The summed E-state index contributed by atoms with van der Waals surface area (Å²) in [6.45, 7) is 5.31. The Morgan fingerprint density at radius 2 is 1.72 bits per heavy atom. The smallest absolute Gasteiger partial charge is 0.265 e. The van der Waals surface area contributed by atoms with Crippen LogP contribution in [0.3, 0.4) is 0 Å². The molecule has 170 valence electrons. The number of amides is 1. The zero-order chi connectivity index (χ0) is 23.3. The standard InChI is InChI=1S/C24H28N2O5S/c1-5-22(31-19-11-10-17-8-6-7-9-18(17)14-19)24(27)25-21-15-20(12-13-23(21)30-4)32(28,29)26-16(2)3/h6-16,22,26H,5H2,1-4H3,(H,25,27)/t22-/m1/s1. The van der Waals surface area contributed by atoms with Gasteiger partial charge in [0.1, 0.15) is 11.5 Å². The van der Waals surface area contributed by atoms with Crippen LogP contribution in [0.5, 0.6) is 11.5 Å². The molecule has 3 aromatic carbocycles. The minimum absolute atomic E-state index is 0.0331. The number of carbonyl (C=O) groups is 1. The van der Waals surface area contributed by atoms with E-state index in [1.165, 1.54) is 25.3 Å². The van der Waals surface area contributed by atoms with Crippen LogP contribution in [0.2, 0.25) is 0 Å². The fourth-order valence-corrected chi connectivity index (χ4v) is 4.55. The highest BCUT2D eigenvalue weighted by Crippen LogP contribution is 2.28. The summed E-state index contributed by atoms with van der Waals surface area (Å²) in [5, 5.41) is 4.84. The van der Waals surface area contributed by atoms with E-state index >= 15 is 0 Å². The monoisotopic (exact) mass is 456 g/mol. The molecule has 0 aromatic heterocycles. The quantitative estimate of drug-likeness (QED) is 0.500. The summed E-state index contributed by atoms with van der Waals surface area (Å²) < 4.78 is 38.8. The van der Waals surface area contributed by atoms with Crippen molar-refractivity contribution in [3.8, 4) is 11.5 Å². The highest BCUT2D eigenvalue weighted by atomic mass is 32.2. The first-order chi connectivity index (χ1) is 15.2. The molecule has 0 unspecified atom stereocenters. The molecule has 0 radical (unpaired) electrons. The third-order valence-electron chi connectivity index (χ3n) is 4.79. The Morgan fingerprint density at radius 3 is 2.38 bits per heavy atom. The van der Waals surface area contributed by atoms with Gasteiger partial charge >= 0.3 is 0 Å². The van der Waals surface area contributed by atoms with Crippen LogP contribution < -0.4 is 19.5 Å². The Morgan fingerprint density at radius 1 is 1.00 bits per heavy atom. The van der Waals surface area contributed by atoms with Crippen LogP contribution >= 0.6 is 0 Å². The van der Waals surface area contributed by atoms with E-state index in [9.17, 15) is 13.2 Å². The van der Waals surface area contributed by atoms with Crippen LogP contribution in [-0.2, 0) is 14.8 Å². The first-order valence-corrected chi connectivity index (χ1v) is 11.9. The maximum absolute atomic E-state index is 13.0. The molecule has 1 amide bonds. The van der Waals surface area contributed by atoms with Crippen molar-refractivity contribution in [3.05, 3.63) is 60.7 Å². The summed E-state index contributed by atoms with van der Waals surface area (Å²) in [5.74, 6) is 0.530. The van der Waals surface area contributed by atoms with Gasteiger partial charge in [-0.15, -0.1) is 0 Å². The lowest BCUT2D eigenvalue weighted by molar-refractivity contribution is -0.122. The number of anilines is 1. The molecule has 0 heterocycles. The average molecular weight is 457 g/mol. The number of benzene rings is 3. The number of nitrogens with one attached hydrogen (secondary N) is 2. The lowest BCUT2D eigenvalue weighted by Gasteiger charge is -2.19. The third-order valence-corrected chi connectivity index (χ3v) is 6.45. The summed E-state index contributed by atoms with van der Waals surface area (Å²) >= 11 is 0. The first kappa shape index (κ1) is 23.6. The van der Waals surface area contributed by atoms with Crippen LogP contribution in [0.4, 0.5) is 5.69 Å². The SMILES string of the molecule is CC[C@@H](Oc1ccc2ccccc2c1)C(=O)Nc1cc(S(=O)(=O)NC(C)C)ccc1OC. The maximum atomic E-state index is 13.0. The van der Waals surface area contributed by atoms with E-state index in [-0.39, 0.29) is 16.6 Å². The van der Waals surface area contributed by atoms with Crippen molar-refractivity contribution in [2.45, 2.75) is 44.2 Å². The zero-order valence-corrected chi connectivity index (χ0v) is 19.4. The van der Waals surface area contributed by atoms with E-state index < -0.39 is 22.0 Å². The highest BCUT2D eigenvalue weighted by Gasteiger charge is 2.22. The molecule has 0 saturated heterocycles. The Hall–Kier alpha value is -3.10. The number of rotatable bonds is 9.